The number of phosphoric ester groups is 1. The zero-order valence-corrected chi connectivity index (χ0v) is 50.2. The van der Waals surface area contributed by atoms with E-state index in [1.807, 2.05) is 33.3 Å². The van der Waals surface area contributed by atoms with E-state index in [-0.39, 0.29) is 31.5 Å². The fourth-order valence-electron chi connectivity index (χ4n) is 8.81. The lowest BCUT2D eigenvalue weighted by Gasteiger charge is -2.27. The van der Waals surface area contributed by atoms with Crippen LogP contribution in [0.2, 0.25) is 0 Å². The normalized spacial score (nSPS) is 14.1. The van der Waals surface area contributed by atoms with Gasteiger partial charge in [0, 0.05) is 12.8 Å². The highest BCUT2D eigenvalue weighted by Gasteiger charge is 2.30. The van der Waals surface area contributed by atoms with E-state index in [4.69, 9.17) is 13.8 Å². The summed E-state index contributed by atoms with van der Waals surface area (Å²) in [4.78, 5) is 37.6. The fourth-order valence-corrected chi connectivity index (χ4v) is 9.55. The van der Waals surface area contributed by atoms with Gasteiger partial charge in [-0.3, -0.25) is 18.6 Å². The van der Waals surface area contributed by atoms with Gasteiger partial charge in [-0.1, -0.05) is 242 Å². The van der Waals surface area contributed by atoms with Gasteiger partial charge >= 0.3 is 13.8 Å². The molecule has 0 spiro atoms. The molecule has 3 atom stereocenters. The Hall–Kier alpha value is -2.29. The molecule has 0 saturated heterocycles. The average Bonchev–Trinajstić information content (AvgIpc) is 3.36. The van der Waals surface area contributed by atoms with Crippen LogP contribution in [0.25, 0.3) is 0 Å². The second-order valence-electron chi connectivity index (χ2n) is 22.2. The Morgan fingerprint density at radius 1 is 0.473 bits per heavy atom. The monoisotopic (exact) mass is 1060 g/mol. The van der Waals surface area contributed by atoms with Gasteiger partial charge < -0.3 is 19.4 Å². The Balaban J connectivity index is 5.08. The number of ether oxygens (including phenoxy) is 1. The van der Waals surface area contributed by atoms with Gasteiger partial charge in [-0.15, -0.1) is 0 Å². The number of amides is 1. The molecule has 0 bridgehead atoms. The van der Waals surface area contributed by atoms with Crippen LogP contribution in [0.3, 0.4) is 0 Å². The van der Waals surface area contributed by atoms with Gasteiger partial charge in [0.25, 0.3) is 0 Å². The van der Waals surface area contributed by atoms with E-state index < -0.39 is 20.0 Å². The van der Waals surface area contributed by atoms with Crippen molar-refractivity contribution in [3.63, 3.8) is 0 Å². The number of quaternary nitrogens is 1. The summed E-state index contributed by atoms with van der Waals surface area (Å²) in [5.41, 5.74) is 0. The van der Waals surface area contributed by atoms with E-state index in [1.54, 1.807) is 0 Å². The molecule has 0 radical (unpaired) electrons. The van der Waals surface area contributed by atoms with Crippen molar-refractivity contribution >= 4 is 19.7 Å². The Bertz CT molecular complexity index is 1450. The summed E-state index contributed by atoms with van der Waals surface area (Å²) in [5, 5.41) is 3.04. The second kappa shape index (κ2) is 54.1. The van der Waals surface area contributed by atoms with E-state index in [9.17, 15) is 19.0 Å². The first-order valence-electron chi connectivity index (χ1n) is 31.1. The lowest BCUT2D eigenvalue weighted by Crippen LogP contribution is -2.47. The van der Waals surface area contributed by atoms with Crippen molar-refractivity contribution in [2.75, 3.05) is 40.9 Å². The van der Waals surface area contributed by atoms with Crippen molar-refractivity contribution in [2.45, 2.75) is 296 Å². The molecular weight excluding hydrogens is 940 g/mol. The number of carbonyl (C=O) groups excluding carboxylic acids is 2. The number of phosphoric acid groups is 1. The Kier molecular flexibility index (Phi) is 52.4. The minimum atomic E-state index is -4.45. The molecule has 9 nitrogen and oxygen atoms in total. The molecule has 0 aromatic heterocycles. The number of rotatable bonds is 56. The second-order valence-corrected chi connectivity index (χ2v) is 23.7. The minimum absolute atomic E-state index is 0.0378. The summed E-state index contributed by atoms with van der Waals surface area (Å²) < 4.78 is 30.6. The summed E-state index contributed by atoms with van der Waals surface area (Å²) in [6, 6.07) is -0.852. The molecule has 0 saturated carbocycles. The largest absolute Gasteiger partial charge is 0.472 e. The van der Waals surface area contributed by atoms with E-state index in [0.717, 1.165) is 96.3 Å². The molecule has 0 aromatic carbocycles. The number of likely N-dealkylation sites (N-methyl/N-ethyl adjacent to an activating group) is 1. The summed E-state index contributed by atoms with van der Waals surface area (Å²) in [5.74, 6) is -0.514. The van der Waals surface area contributed by atoms with Crippen molar-refractivity contribution < 1.29 is 37.3 Å². The highest BCUT2D eigenvalue weighted by Crippen LogP contribution is 2.43. The summed E-state index contributed by atoms with van der Waals surface area (Å²) in [6.45, 7) is 6.95. The lowest BCUT2D eigenvalue weighted by molar-refractivity contribution is -0.870. The van der Waals surface area contributed by atoms with Gasteiger partial charge in [0.05, 0.1) is 33.8 Å². The van der Waals surface area contributed by atoms with Crippen molar-refractivity contribution in [1.82, 2.24) is 5.32 Å². The number of esters is 1. The first-order valence-corrected chi connectivity index (χ1v) is 32.6. The predicted molar refractivity (Wildman–Crippen MR) is 318 cm³/mol. The Labute approximate surface area is 458 Å². The molecule has 0 rings (SSSR count). The summed E-state index contributed by atoms with van der Waals surface area (Å²) >= 11 is 0. The first-order chi connectivity index (χ1) is 35.9. The topological polar surface area (TPSA) is 111 Å². The van der Waals surface area contributed by atoms with Crippen LogP contribution in [0.1, 0.15) is 284 Å². The average molecular weight is 1060 g/mol. The maximum absolute atomic E-state index is 13.5. The SMILES string of the molecule is CCCC/C=C\CCCCCCCC(=O)NC(COP(=O)(O)OCC[N+](C)(C)C)C(/C=C\CCCCCCCCCCCC)OC(=O)CCCCCCCCCCCCCC/C=C\C/C=C\C/C=C\CCCCC. The third kappa shape index (κ3) is 54.5. The van der Waals surface area contributed by atoms with Crippen molar-refractivity contribution in [2.24, 2.45) is 0 Å². The number of unbranched alkanes of at least 4 members (excludes halogenated alkanes) is 32. The van der Waals surface area contributed by atoms with Crippen molar-refractivity contribution in [3.05, 3.63) is 60.8 Å². The number of carbonyl (C=O) groups is 2. The van der Waals surface area contributed by atoms with Gasteiger partial charge in [0.2, 0.25) is 5.91 Å². The molecule has 0 aliphatic rings. The fraction of sp³-hybridized carbons (Fsp3) is 0.812. The number of nitrogens with one attached hydrogen (secondary N) is 1. The van der Waals surface area contributed by atoms with E-state index in [0.29, 0.717) is 17.4 Å². The quantitative estimate of drug-likeness (QED) is 0.0205. The van der Waals surface area contributed by atoms with Gasteiger partial charge in [0.15, 0.2) is 0 Å². The van der Waals surface area contributed by atoms with Crippen LogP contribution < -0.4 is 5.32 Å². The lowest BCUT2D eigenvalue weighted by atomic mass is 10.0. The molecule has 0 aliphatic heterocycles. The molecule has 3 unspecified atom stereocenters. The predicted octanol–water partition coefficient (Wildman–Crippen LogP) is 19.1. The van der Waals surface area contributed by atoms with Crippen molar-refractivity contribution in [1.29, 1.82) is 0 Å². The molecule has 10 heteroatoms. The number of hydrogen-bond acceptors (Lipinski definition) is 6. The Morgan fingerprint density at radius 3 is 1.31 bits per heavy atom. The molecule has 74 heavy (non-hydrogen) atoms. The number of nitrogens with zero attached hydrogens (tertiary/aromatic N) is 1. The molecule has 0 heterocycles. The molecule has 1 amide bonds. The Morgan fingerprint density at radius 2 is 0.838 bits per heavy atom. The molecular formula is C64H120N2O7P+. The van der Waals surface area contributed by atoms with Crippen molar-refractivity contribution in [3.8, 4) is 0 Å². The third-order valence-corrected chi connectivity index (χ3v) is 14.7. The first kappa shape index (κ1) is 71.7. The van der Waals surface area contributed by atoms with Crippen LogP contribution in [-0.4, -0.2) is 74.3 Å². The minimum Gasteiger partial charge on any atom is -0.456 e. The van der Waals surface area contributed by atoms with Gasteiger partial charge in [-0.05, 0) is 89.5 Å². The van der Waals surface area contributed by atoms with Gasteiger partial charge in [-0.2, -0.15) is 0 Å². The molecule has 0 fully saturated rings. The number of allylic oxidation sites excluding steroid dienone is 9. The highest BCUT2D eigenvalue weighted by molar-refractivity contribution is 7.47. The van der Waals surface area contributed by atoms with Gasteiger partial charge in [0.1, 0.15) is 19.3 Å². The van der Waals surface area contributed by atoms with Crippen LogP contribution >= 0.6 is 7.82 Å². The van der Waals surface area contributed by atoms with Crippen LogP contribution in [0, 0.1) is 0 Å². The zero-order chi connectivity index (χ0) is 54.3. The standard InChI is InChI=1S/C64H119N2O7P/c1-7-10-13-16-19-22-25-27-28-29-30-31-32-33-34-35-36-37-38-39-42-45-48-51-54-57-64(68)73-62(55-52-49-46-43-41-26-23-20-17-14-11-8-2)61(60-72-74(69,70)71-59-58-66(4,5)6)65-63(67)56-53-50-47-44-40-24-21-18-15-12-9-3/h18-19,21-22,27-28,30-31,52,55,61-62H,7-17,20,23-26,29,32-51,53-54,56-60H2,1-6H3,(H-,65,67,69,70)/p+1/b21-18-,22-19-,28-27-,31-30-,55-52-. The molecule has 432 valence electrons. The highest BCUT2D eigenvalue weighted by atomic mass is 31.2. The van der Waals surface area contributed by atoms with E-state index in [2.05, 4.69) is 74.7 Å². The summed E-state index contributed by atoms with van der Waals surface area (Å²) in [6.07, 6.45) is 68.0. The summed E-state index contributed by atoms with van der Waals surface area (Å²) in [7, 11) is 1.49. The van der Waals surface area contributed by atoms with E-state index in [1.165, 1.54) is 154 Å². The van der Waals surface area contributed by atoms with E-state index >= 15 is 0 Å². The van der Waals surface area contributed by atoms with Gasteiger partial charge in [-0.25, -0.2) is 4.57 Å². The van der Waals surface area contributed by atoms with Crippen LogP contribution in [0.15, 0.2) is 60.8 Å². The van der Waals surface area contributed by atoms with Crippen LogP contribution in [-0.2, 0) is 27.9 Å². The smallest absolute Gasteiger partial charge is 0.456 e. The van der Waals surface area contributed by atoms with Crippen LogP contribution in [0.4, 0.5) is 0 Å². The third-order valence-electron chi connectivity index (χ3n) is 13.7. The molecule has 2 N–H and O–H groups in total. The maximum atomic E-state index is 13.5. The zero-order valence-electron chi connectivity index (χ0n) is 49.3. The molecule has 0 aromatic rings. The van der Waals surface area contributed by atoms with Crippen LogP contribution in [0.5, 0.6) is 0 Å². The molecule has 0 aliphatic carbocycles. The maximum Gasteiger partial charge on any atom is 0.472 e. The number of hydrogen-bond donors (Lipinski definition) is 2.